The van der Waals surface area contributed by atoms with Gasteiger partial charge in [0.25, 0.3) is 11.8 Å². The molecular formula is C22H24N6O4. The third kappa shape index (κ3) is 4.11. The molecule has 0 bridgehead atoms. The molecule has 0 saturated carbocycles. The molecule has 0 atom stereocenters. The summed E-state index contributed by atoms with van der Waals surface area (Å²) in [4.78, 5) is 29.4. The molecule has 1 aromatic heterocycles. The van der Waals surface area contributed by atoms with Crippen LogP contribution in [0.5, 0.6) is 11.5 Å². The Bertz CT molecular complexity index is 1120. The van der Waals surface area contributed by atoms with Crippen LogP contribution in [0.4, 0.5) is 0 Å². The van der Waals surface area contributed by atoms with E-state index in [0.29, 0.717) is 48.8 Å². The van der Waals surface area contributed by atoms with Crippen LogP contribution in [0.2, 0.25) is 0 Å². The first-order chi connectivity index (χ1) is 15.5. The van der Waals surface area contributed by atoms with Gasteiger partial charge in [-0.2, -0.15) is 0 Å². The first-order valence-corrected chi connectivity index (χ1v) is 10.2. The molecule has 0 aliphatic carbocycles. The number of carbonyl (C=O) groups is 2. The van der Waals surface area contributed by atoms with E-state index in [1.807, 2.05) is 19.1 Å². The van der Waals surface area contributed by atoms with Gasteiger partial charge >= 0.3 is 0 Å². The Morgan fingerprint density at radius 3 is 1.97 bits per heavy atom. The molecule has 0 N–H and O–H groups in total. The normalized spacial score (nSPS) is 13.7. The van der Waals surface area contributed by atoms with Gasteiger partial charge < -0.3 is 19.3 Å². The van der Waals surface area contributed by atoms with Gasteiger partial charge in [0.15, 0.2) is 11.5 Å². The van der Waals surface area contributed by atoms with E-state index in [4.69, 9.17) is 9.47 Å². The lowest BCUT2D eigenvalue weighted by Gasteiger charge is -2.35. The van der Waals surface area contributed by atoms with Crippen LogP contribution < -0.4 is 9.47 Å². The zero-order chi connectivity index (χ0) is 22.7. The number of aromatic nitrogens is 4. The molecule has 10 heteroatoms. The van der Waals surface area contributed by atoms with Crippen molar-refractivity contribution in [3.63, 3.8) is 0 Å². The monoisotopic (exact) mass is 436 g/mol. The van der Waals surface area contributed by atoms with Crippen LogP contribution in [-0.2, 0) is 0 Å². The Hall–Kier alpha value is -3.95. The molecule has 1 fully saturated rings. The molecule has 1 aliphatic rings. The third-order valence-electron chi connectivity index (χ3n) is 5.52. The van der Waals surface area contributed by atoms with Crippen LogP contribution >= 0.6 is 0 Å². The van der Waals surface area contributed by atoms with E-state index in [9.17, 15) is 9.59 Å². The minimum absolute atomic E-state index is 0.0606. The number of rotatable bonds is 5. The highest BCUT2D eigenvalue weighted by molar-refractivity contribution is 5.96. The largest absolute Gasteiger partial charge is 0.493 e. The summed E-state index contributed by atoms with van der Waals surface area (Å²) in [6, 6.07) is 10.5. The highest BCUT2D eigenvalue weighted by atomic mass is 16.5. The second kappa shape index (κ2) is 9.04. The summed E-state index contributed by atoms with van der Waals surface area (Å²) >= 11 is 0. The molecule has 0 unspecified atom stereocenters. The maximum Gasteiger partial charge on any atom is 0.254 e. The molecule has 1 aliphatic heterocycles. The van der Waals surface area contributed by atoms with Gasteiger partial charge in [-0.05, 0) is 59.3 Å². The van der Waals surface area contributed by atoms with Gasteiger partial charge in [0.05, 0.1) is 19.9 Å². The third-order valence-corrected chi connectivity index (χ3v) is 5.52. The van der Waals surface area contributed by atoms with Crippen molar-refractivity contribution in [3.05, 3.63) is 59.4 Å². The number of nitrogens with zero attached hydrogens (tertiary/aromatic N) is 6. The maximum absolute atomic E-state index is 13.0. The standard InChI is InChI=1S/C22H24N6O4/c1-15-12-16(4-6-18(15)28-14-23-24-25-28)21(29)26-8-10-27(11-9-26)22(30)17-5-7-19(31-2)20(13-17)32-3/h4-7,12-14H,8-11H2,1-3H3. The lowest BCUT2D eigenvalue weighted by molar-refractivity contribution is 0.0535. The van der Waals surface area contributed by atoms with Crippen molar-refractivity contribution < 1.29 is 19.1 Å². The highest BCUT2D eigenvalue weighted by Gasteiger charge is 2.26. The smallest absolute Gasteiger partial charge is 0.254 e. The van der Waals surface area contributed by atoms with Crippen LogP contribution in [0, 0.1) is 6.92 Å². The number of carbonyl (C=O) groups excluding carboxylic acids is 2. The molecule has 2 aromatic carbocycles. The Labute approximate surface area is 185 Å². The van der Waals surface area contributed by atoms with Crippen molar-refractivity contribution >= 4 is 11.8 Å². The van der Waals surface area contributed by atoms with Gasteiger partial charge in [-0.3, -0.25) is 9.59 Å². The minimum Gasteiger partial charge on any atom is -0.493 e. The molecule has 10 nitrogen and oxygen atoms in total. The number of hydrogen-bond acceptors (Lipinski definition) is 7. The molecule has 32 heavy (non-hydrogen) atoms. The predicted octanol–water partition coefficient (Wildman–Crippen LogP) is 1.59. The summed E-state index contributed by atoms with van der Waals surface area (Å²) in [5.41, 5.74) is 2.83. The van der Waals surface area contributed by atoms with Crippen LogP contribution in [0.3, 0.4) is 0 Å². The number of tetrazole rings is 1. The van der Waals surface area contributed by atoms with Crippen molar-refractivity contribution in [2.75, 3.05) is 40.4 Å². The maximum atomic E-state index is 13.0. The van der Waals surface area contributed by atoms with Crippen molar-refractivity contribution in [1.29, 1.82) is 0 Å². The molecule has 0 spiro atoms. The molecule has 166 valence electrons. The average molecular weight is 436 g/mol. The number of methoxy groups -OCH3 is 2. The molecular weight excluding hydrogens is 412 g/mol. The quantitative estimate of drug-likeness (QED) is 0.598. The number of aryl methyl sites for hydroxylation is 1. The number of amides is 2. The lowest BCUT2D eigenvalue weighted by atomic mass is 10.1. The van der Waals surface area contributed by atoms with Crippen molar-refractivity contribution in [3.8, 4) is 17.2 Å². The van der Waals surface area contributed by atoms with Crippen molar-refractivity contribution in [2.45, 2.75) is 6.92 Å². The summed E-state index contributed by atoms with van der Waals surface area (Å²) in [5, 5.41) is 11.2. The average Bonchev–Trinajstić information content (AvgIpc) is 3.37. The Morgan fingerprint density at radius 1 is 0.844 bits per heavy atom. The summed E-state index contributed by atoms with van der Waals surface area (Å²) in [5.74, 6) is 0.919. The summed E-state index contributed by atoms with van der Waals surface area (Å²) in [6.07, 6.45) is 1.51. The number of ether oxygens (including phenoxy) is 2. The van der Waals surface area contributed by atoms with E-state index in [1.165, 1.54) is 13.4 Å². The van der Waals surface area contributed by atoms with Gasteiger partial charge in [0.2, 0.25) is 0 Å². The fraction of sp³-hybridized carbons (Fsp3) is 0.318. The second-order valence-electron chi connectivity index (χ2n) is 7.41. The van der Waals surface area contributed by atoms with Gasteiger partial charge in [0, 0.05) is 37.3 Å². The number of benzene rings is 2. The Kier molecular flexibility index (Phi) is 6.02. The molecule has 1 saturated heterocycles. The summed E-state index contributed by atoms with van der Waals surface area (Å²) < 4.78 is 12.1. The highest BCUT2D eigenvalue weighted by Crippen LogP contribution is 2.28. The van der Waals surface area contributed by atoms with E-state index in [2.05, 4.69) is 15.5 Å². The lowest BCUT2D eigenvalue weighted by Crippen LogP contribution is -2.50. The van der Waals surface area contributed by atoms with Crippen LogP contribution in [0.25, 0.3) is 5.69 Å². The Morgan fingerprint density at radius 2 is 1.44 bits per heavy atom. The van der Waals surface area contributed by atoms with E-state index in [-0.39, 0.29) is 11.8 Å². The van der Waals surface area contributed by atoms with Crippen LogP contribution in [0.15, 0.2) is 42.7 Å². The molecule has 3 aromatic rings. The van der Waals surface area contributed by atoms with Gasteiger partial charge in [-0.15, -0.1) is 5.10 Å². The van der Waals surface area contributed by atoms with Crippen molar-refractivity contribution in [1.82, 2.24) is 30.0 Å². The van der Waals surface area contributed by atoms with Crippen molar-refractivity contribution in [2.24, 2.45) is 0 Å². The minimum atomic E-state index is -0.0975. The van der Waals surface area contributed by atoms with Crippen LogP contribution in [-0.4, -0.2) is 82.2 Å². The fourth-order valence-electron chi connectivity index (χ4n) is 3.76. The molecule has 0 radical (unpaired) electrons. The van der Waals surface area contributed by atoms with E-state index < -0.39 is 0 Å². The SMILES string of the molecule is COc1ccc(C(=O)N2CCN(C(=O)c3ccc(-n4cnnn4)c(C)c3)CC2)cc1OC. The predicted molar refractivity (Wildman–Crippen MR) is 115 cm³/mol. The van der Waals surface area contributed by atoms with E-state index in [0.717, 1.165) is 11.3 Å². The Balaban J connectivity index is 1.41. The first-order valence-electron chi connectivity index (χ1n) is 10.2. The summed E-state index contributed by atoms with van der Waals surface area (Å²) in [6.45, 7) is 3.76. The van der Waals surface area contributed by atoms with Gasteiger partial charge in [-0.1, -0.05) is 0 Å². The summed E-state index contributed by atoms with van der Waals surface area (Å²) in [7, 11) is 3.09. The molecule has 2 amide bonds. The van der Waals surface area contributed by atoms with E-state index >= 15 is 0 Å². The number of piperazine rings is 1. The molecule has 4 rings (SSSR count). The topological polar surface area (TPSA) is 103 Å². The zero-order valence-electron chi connectivity index (χ0n) is 18.2. The fourth-order valence-corrected chi connectivity index (χ4v) is 3.76. The number of hydrogen-bond donors (Lipinski definition) is 0. The van der Waals surface area contributed by atoms with Gasteiger partial charge in [-0.25, -0.2) is 4.68 Å². The molecule has 2 heterocycles. The van der Waals surface area contributed by atoms with E-state index in [1.54, 1.807) is 45.9 Å². The first kappa shape index (κ1) is 21.3. The zero-order valence-corrected chi connectivity index (χ0v) is 18.2. The van der Waals surface area contributed by atoms with Crippen LogP contribution in [0.1, 0.15) is 26.3 Å². The van der Waals surface area contributed by atoms with Gasteiger partial charge in [0.1, 0.15) is 6.33 Å². The second-order valence-corrected chi connectivity index (χ2v) is 7.41.